The molecule has 1 aromatic heterocycles. The van der Waals surface area contributed by atoms with Gasteiger partial charge < -0.3 is 15.5 Å². The Morgan fingerprint density at radius 2 is 1.52 bits per heavy atom. The third-order valence-electron chi connectivity index (χ3n) is 4.55. The number of hydrogen-bond acceptors (Lipinski definition) is 5. The number of nitrogens with zero attached hydrogens (tertiary/aromatic N) is 3. The van der Waals surface area contributed by atoms with E-state index in [0.717, 1.165) is 18.8 Å². The van der Waals surface area contributed by atoms with Crippen molar-refractivity contribution in [3.63, 3.8) is 0 Å². The van der Waals surface area contributed by atoms with Gasteiger partial charge in [0.2, 0.25) is 0 Å². The monoisotopic (exact) mass is 363 g/mol. The largest absolute Gasteiger partial charge is 0.372 e. The average Bonchev–Trinajstić information content (AvgIpc) is 3.16. The summed E-state index contributed by atoms with van der Waals surface area (Å²) in [6.45, 7) is 4.10. The minimum Gasteiger partial charge on any atom is -0.372 e. The Morgan fingerprint density at radius 3 is 2.19 bits per heavy atom. The lowest BCUT2D eigenvalue weighted by Crippen LogP contribution is -2.17. The number of benzene rings is 2. The average molecular weight is 363 g/mol. The lowest BCUT2D eigenvalue weighted by atomic mass is 10.2. The first-order chi connectivity index (χ1) is 13.2. The summed E-state index contributed by atoms with van der Waals surface area (Å²) in [7, 11) is 0. The molecule has 2 aromatic carbocycles. The number of rotatable bonds is 5. The van der Waals surface area contributed by atoms with Crippen molar-refractivity contribution in [2.75, 3.05) is 28.6 Å². The Kier molecular flexibility index (Phi) is 4.87. The van der Waals surface area contributed by atoms with Crippen LogP contribution in [0.25, 0.3) is 0 Å². The molecular weight excluding hydrogens is 341 g/mol. The van der Waals surface area contributed by atoms with Crippen LogP contribution in [0.2, 0.25) is 0 Å². The highest BCUT2D eigenvalue weighted by atomic mass is 19.1. The smallest absolute Gasteiger partial charge is 0.136 e. The quantitative estimate of drug-likeness (QED) is 0.667. The first-order valence-electron chi connectivity index (χ1n) is 9.16. The molecule has 0 radical (unpaired) electrons. The van der Waals surface area contributed by atoms with E-state index in [1.165, 1.54) is 30.7 Å². The lowest BCUT2D eigenvalue weighted by molar-refractivity contribution is 0.628. The van der Waals surface area contributed by atoms with Crippen LogP contribution in [-0.4, -0.2) is 23.1 Å². The van der Waals surface area contributed by atoms with E-state index in [0.29, 0.717) is 23.1 Å². The number of nitrogens with one attached hydrogen (secondary N) is 2. The minimum absolute atomic E-state index is 0.290. The number of aryl methyl sites for hydroxylation is 1. The third-order valence-corrected chi connectivity index (χ3v) is 4.55. The van der Waals surface area contributed by atoms with Gasteiger partial charge in [-0.05, 0) is 62.2 Å². The molecule has 2 heterocycles. The van der Waals surface area contributed by atoms with E-state index >= 15 is 0 Å². The molecule has 4 rings (SSSR count). The molecule has 0 unspecified atom stereocenters. The van der Waals surface area contributed by atoms with Gasteiger partial charge in [-0.25, -0.2) is 14.4 Å². The van der Waals surface area contributed by atoms with Gasteiger partial charge >= 0.3 is 0 Å². The lowest BCUT2D eigenvalue weighted by Gasteiger charge is -2.18. The minimum atomic E-state index is -0.290. The molecule has 0 aliphatic carbocycles. The Hall–Kier alpha value is -3.15. The second-order valence-electron chi connectivity index (χ2n) is 6.69. The Labute approximate surface area is 158 Å². The SMILES string of the molecule is Cc1nc(Nc2ccc(N3CCCC3)cc2)cc(Nc2cccc(F)c2)n1. The Morgan fingerprint density at radius 1 is 0.852 bits per heavy atom. The van der Waals surface area contributed by atoms with Crippen LogP contribution in [0.15, 0.2) is 54.6 Å². The molecule has 0 bridgehead atoms. The van der Waals surface area contributed by atoms with Gasteiger partial charge in [0.25, 0.3) is 0 Å². The summed E-state index contributed by atoms with van der Waals surface area (Å²) in [6, 6.07) is 16.5. The fourth-order valence-corrected chi connectivity index (χ4v) is 3.29. The van der Waals surface area contributed by atoms with Crippen LogP contribution in [-0.2, 0) is 0 Å². The third kappa shape index (κ3) is 4.34. The maximum absolute atomic E-state index is 13.4. The van der Waals surface area contributed by atoms with Crippen molar-refractivity contribution >= 4 is 28.7 Å². The highest BCUT2D eigenvalue weighted by Crippen LogP contribution is 2.25. The van der Waals surface area contributed by atoms with Gasteiger partial charge in [-0.2, -0.15) is 0 Å². The van der Waals surface area contributed by atoms with Crippen LogP contribution in [0, 0.1) is 12.7 Å². The second-order valence-corrected chi connectivity index (χ2v) is 6.69. The number of hydrogen-bond donors (Lipinski definition) is 2. The molecular formula is C21H22FN5. The Balaban J connectivity index is 1.49. The topological polar surface area (TPSA) is 53.1 Å². The summed E-state index contributed by atoms with van der Waals surface area (Å²) >= 11 is 0. The van der Waals surface area contributed by atoms with Crippen LogP contribution < -0.4 is 15.5 Å². The molecule has 138 valence electrons. The van der Waals surface area contributed by atoms with E-state index in [9.17, 15) is 4.39 Å². The first kappa shape index (κ1) is 17.3. The predicted molar refractivity (Wildman–Crippen MR) is 108 cm³/mol. The van der Waals surface area contributed by atoms with Crippen LogP contribution in [0.4, 0.5) is 33.1 Å². The predicted octanol–water partition coefficient (Wildman–Crippen LogP) is 5.01. The van der Waals surface area contributed by atoms with E-state index in [-0.39, 0.29) is 5.82 Å². The number of aromatic nitrogens is 2. The van der Waals surface area contributed by atoms with Gasteiger partial charge in [0.15, 0.2) is 0 Å². The molecule has 0 atom stereocenters. The molecule has 0 amide bonds. The van der Waals surface area contributed by atoms with Gasteiger partial charge in [0.1, 0.15) is 23.3 Å². The van der Waals surface area contributed by atoms with Gasteiger partial charge in [-0.1, -0.05) is 6.07 Å². The molecule has 1 saturated heterocycles. The van der Waals surface area contributed by atoms with Crippen molar-refractivity contribution in [1.29, 1.82) is 0 Å². The van der Waals surface area contributed by atoms with Crippen LogP contribution in [0.5, 0.6) is 0 Å². The highest BCUT2D eigenvalue weighted by Gasteiger charge is 2.12. The molecule has 0 spiro atoms. The zero-order valence-corrected chi connectivity index (χ0v) is 15.2. The number of anilines is 5. The second kappa shape index (κ2) is 7.61. The van der Waals surface area contributed by atoms with Crippen molar-refractivity contribution in [3.05, 3.63) is 66.2 Å². The summed E-state index contributed by atoms with van der Waals surface area (Å²) in [6.07, 6.45) is 2.53. The zero-order chi connectivity index (χ0) is 18.6. The van der Waals surface area contributed by atoms with Gasteiger partial charge in [0, 0.05) is 36.2 Å². The maximum Gasteiger partial charge on any atom is 0.136 e. The molecule has 1 aliphatic rings. The summed E-state index contributed by atoms with van der Waals surface area (Å²) in [5.74, 6) is 1.65. The standard InChI is InChI=1S/C21H22FN5/c1-15-23-20(14-21(24-15)26-18-6-4-5-16(22)13-18)25-17-7-9-19(10-8-17)27-11-2-3-12-27/h4-10,13-14H,2-3,11-12H2,1H3,(H2,23,24,25,26). The van der Waals surface area contributed by atoms with Crippen molar-refractivity contribution in [2.24, 2.45) is 0 Å². The molecule has 3 aromatic rings. The summed E-state index contributed by atoms with van der Waals surface area (Å²) in [5, 5.41) is 6.44. The van der Waals surface area contributed by atoms with E-state index in [2.05, 4.69) is 49.8 Å². The summed E-state index contributed by atoms with van der Waals surface area (Å²) in [4.78, 5) is 11.2. The molecule has 2 N–H and O–H groups in total. The van der Waals surface area contributed by atoms with Crippen LogP contribution >= 0.6 is 0 Å². The van der Waals surface area contributed by atoms with Gasteiger partial charge in [-0.3, -0.25) is 0 Å². The van der Waals surface area contributed by atoms with Crippen molar-refractivity contribution in [3.8, 4) is 0 Å². The van der Waals surface area contributed by atoms with E-state index < -0.39 is 0 Å². The maximum atomic E-state index is 13.4. The molecule has 1 aliphatic heterocycles. The molecule has 27 heavy (non-hydrogen) atoms. The zero-order valence-electron chi connectivity index (χ0n) is 15.2. The fourth-order valence-electron chi connectivity index (χ4n) is 3.29. The number of halogens is 1. The summed E-state index contributed by atoms with van der Waals surface area (Å²) in [5.41, 5.74) is 2.87. The molecule has 1 fully saturated rings. The van der Waals surface area contributed by atoms with Crippen molar-refractivity contribution < 1.29 is 4.39 Å². The first-order valence-corrected chi connectivity index (χ1v) is 9.16. The van der Waals surface area contributed by atoms with Gasteiger partial charge in [0.05, 0.1) is 0 Å². The van der Waals surface area contributed by atoms with Crippen LogP contribution in [0.1, 0.15) is 18.7 Å². The molecule has 0 saturated carbocycles. The van der Waals surface area contributed by atoms with E-state index in [4.69, 9.17) is 0 Å². The van der Waals surface area contributed by atoms with Crippen molar-refractivity contribution in [1.82, 2.24) is 9.97 Å². The van der Waals surface area contributed by atoms with Crippen LogP contribution in [0.3, 0.4) is 0 Å². The normalized spacial score (nSPS) is 13.6. The van der Waals surface area contributed by atoms with E-state index in [1.54, 1.807) is 12.1 Å². The highest BCUT2D eigenvalue weighted by molar-refractivity contribution is 5.65. The Bertz CT molecular complexity index is 920. The molecule has 6 heteroatoms. The molecule has 5 nitrogen and oxygen atoms in total. The fraction of sp³-hybridized carbons (Fsp3) is 0.238. The van der Waals surface area contributed by atoms with E-state index in [1.807, 2.05) is 13.0 Å². The van der Waals surface area contributed by atoms with Crippen molar-refractivity contribution in [2.45, 2.75) is 19.8 Å². The summed E-state index contributed by atoms with van der Waals surface area (Å²) < 4.78 is 13.4. The van der Waals surface area contributed by atoms with Gasteiger partial charge in [-0.15, -0.1) is 0 Å².